The normalized spacial score (nSPS) is 13.6. The van der Waals surface area contributed by atoms with Gasteiger partial charge in [0.15, 0.2) is 11.5 Å². The highest BCUT2D eigenvalue weighted by Crippen LogP contribution is 2.40. The van der Waals surface area contributed by atoms with E-state index in [1.165, 1.54) is 41.9 Å². The van der Waals surface area contributed by atoms with Crippen LogP contribution in [0.3, 0.4) is 0 Å². The van der Waals surface area contributed by atoms with Crippen molar-refractivity contribution in [2.75, 3.05) is 7.11 Å². The van der Waals surface area contributed by atoms with Crippen LogP contribution in [0, 0.1) is 10.1 Å². The van der Waals surface area contributed by atoms with Gasteiger partial charge in [-0.3, -0.25) is 14.9 Å². The van der Waals surface area contributed by atoms with Gasteiger partial charge in [-0.05, 0) is 36.8 Å². The van der Waals surface area contributed by atoms with Crippen molar-refractivity contribution in [3.63, 3.8) is 0 Å². The van der Waals surface area contributed by atoms with Crippen molar-refractivity contribution in [1.82, 2.24) is 9.97 Å². The average molecular weight is 492 g/mol. The van der Waals surface area contributed by atoms with E-state index >= 15 is 0 Å². The Hall–Kier alpha value is -3.72. The van der Waals surface area contributed by atoms with E-state index in [1.54, 1.807) is 0 Å². The van der Waals surface area contributed by atoms with Crippen LogP contribution in [-0.4, -0.2) is 22.0 Å². The van der Waals surface area contributed by atoms with Gasteiger partial charge in [0.1, 0.15) is 17.3 Å². The lowest BCUT2D eigenvalue weighted by Gasteiger charge is -2.13. The van der Waals surface area contributed by atoms with Crippen LogP contribution >= 0.6 is 11.3 Å². The molecule has 0 saturated heterocycles. The highest BCUT2D eigenvalue weighted by Gasteiger charge is 2.25. The molecule has 0 unspecified atom stereocenters. The largest absolute Gasteiger partial charge is 0.493 e. The zero-order chi connectivity index (χ0) is 24.4. The van der Waals surface area contributed by atoms with Crippen molar-refractivity contribution in [2.45, 2.75) is 45.1 Å². The van der Waals surface area contributed by atoms with E-state index in [9.17, 15) is 14.9 Å². The first-order valence-electron chi connectivity index (χ1n) is 11.6. The third kappa shape index (κ3) is 4.64. The second kappa shape index (κ2) is 9.87. The van der Waals surface area contributed by atoms with E-state index in [1.807, 2.05) is 30.3 Å². The van der Waals surface area contributed by atoms with Crippen LogP contribution in [-0.2, 0) is 19.4 Å². The Bertz CT molecular complexity index is 1450. The minimum Gasteiger partial charge on any atom is -0.493 e. The van der Waals surface area contributed by atoms with Crippen molar-refractivity contribution in [3.8, 4) is 22.9 Å². The average Bonchev–Trinajstić information content (AvgIpc) is 3.19. The third-order valence-corrected chi connectivity index (χ3v) is 7.48. The maximum absolute atomic E-state index is 13.2. The molecule has 0 radical (unpaired) electrons. The molecule has 0 fully saturated rings. The monoisotopic (exact) mass is 491 g/mol. The van der Waals surface area contributed by atoms with Gasteiger partial charge in [-0.25, -0.2) is 4.98 Å². The van der Waals surface area contributed by atoms with Crippen LogP contribution in [0.25, 0.3) is 21.6 Å². The molecule has 8 nitrogen and oxygen atoms in total. The summed E-state index contributed by atoms with van der Waals surface area (Å²) in [4.78, 5) is 33.9. The van der Waals surface area contributed by atoms with Gasteiger partial charge >= 0.3 is 0 Å². The zero-order valence-corrected chi connectivity index (χ0v) is 20.2. The second-order valence-electron chi connectivity index (χ2n) is 8.56. The fourth-order valence-electron chi connectivity index (χ4n) is 4.54. The standard InChI is InChI=1S/C26H25N3O5S/c1-33-20-13-18(19(29(31)32)14-21(20)34-15-16-9-5-4-6-10-16)24-27-25(30)23-17-11-7-2-3-8-12-22(17)35-26(23)28-24/h4-6,9-10,13-14H,2-3,7-8,11-12,15H2,1H3,(H,27,28,30). The molecule has 1 aliphatic carbocycles. The number of nitrogens with one attached hydrogen (secondary N) is 1. The number of nitro groups is 1. The fourth-order valence-corrected chi connectivity index (χ4v) is 5.80. The van der Waals surface area contributed by atoms with E-state index in [-0.39, 0.29) is 35.0 Å². The summed E-state index contributed by atoms with van der Waals surface area (Å²) in [5, 5.41) is 12.6. The topological polar surface area (TPSA) is 107 Å². The summed E-state index contributed by atoms with van der Waals surface area (Å²) in [7, 11) is 1.47. The number of aromatic nitrogens is 2. The molecule has 0 amide bonds. The number of benzene rings is 2. The molecule has 0 aliphatic heterocycles. The predicted molar refractivity (Wildman–Crippen MR) is 136 cm³/mol. The van der Waals surface area contributed by atoms with Crippen LogP contribution in [0.1, 0.15) is 41.7 Å². The highest BCUT2D eigenvalue weighted by atomic mass is 32.1. The molecule has 5 rings (SSSR count). The Morgan fingerprint density at radius 2 is 1.86 bits per heavy atom. The van der Waals surface area contributed by atoms with E-state index < -0.39 is 4.92 Å². The van der Waals surface area contributed by atoms with E-state index in [0.29, 0.717) is 16.0 Å². The molecule has 9 heteroatoms. The number of rotatable bonds is 6. The van der Waals surface area contributed by atoms with E-state index in [4.69, 9.17) is 9.47 Å². The quantitative estimate of drug-likeness (QED) is 0.270. The molecule has 2 aromatic carbocycles. The van der Waals surface area contributed by atoms with Crippen LogP contribution in [0.2, 0.25) is 0 Å². The molecule has 35 heavy (non-hydrogen) atoms. The van der Waals surface area contributed by atoms with Gasteiger partial charge in [-0.15, -0.1) is 11.3 Å². The Labute approximate surface area is 205 Å². The Morgan fingerprint density at radius 3 is 2.60 bits per heavy atom. The number of H-pyrrole nitrogens is 1. The third-order valence-electron chi connectivity index (χ3n) is 6.30. The van der Waals surface area contributed by atoms with Gasteiger partial charge in [0.05, 0.1) is 29.0 Å². The maximum Gasteiger partial charge on any atom is 0.284 e. The summed E-state index contributed by atoms with van der Waals surface area (Å²) in [6.07, 6.45) is 6.29. The molecule has 1 N–H and O–H groups in total. The van der Waals surface area contributed by atoms with Crippen molar-refractivity contribution in [1.29, 1.82) is 0 Å². The van der Waals surface area contributed by atoms with Crippen molar-refractivity contribution in [3.05, 3.63) is 78.9 Å². The van der Waals surface area contributed by atoms with Gasteiger partial charge in [-0.1, -0.05) is 43.2 Å². The highest BCUT2D eigenvalue weighted by molar-refractivity contribution is 7.18. The van der Waals surface area contributed by atoms with Gasteiger partial charge in [0.2, 0.25) is 0 Å². The number of ether oxygens (including phenoxy) is 2. The number of hydrogen-bond acceptors (Lipinski definition) is 7. The first kappa shape index (κ1) is 23.0. The summed E-state index contributed by atoms with van der Waals surface area (Å²) in [6.45, 7) is 0.232. The molecule has 180 valence electrons. The van der Waals surface area contributed by atoms with Crippen molar-refractivity contribution >= 4 is 27.2 Å². The summed E-state index contributed by atoms with van der Waals surface area (Å²) >= 11 is 1.52. The predicted octanol–water partition coefficient (Wildman–Crippen LogP) is 5.81. The molecular formula is C26H25N3O5S. The lowest BCUT2D eigenvalue weighted by atomic mass is 9.98. The number of methoxy groups -OCH3 is 1. The number of fused-ring (bicyclic) bond motifs is 3. The molecular weight excluding hydrogens is 466 g/mol. The molecule has 0 bridgehead atoms. The van der Waals surface area contributed by atoms with Gasteiger partial charge in [0.25, 0.3) is 11.2 Å². The number of aryl methyl sites for hydroxylation is 2. The van der Waals surface area contributed by atoms with Gasteiger partial charge < -0.3 is 14.5 Å². The minimum absolute atomic E-state index is 0.149. The van der Waals surface area contributed by atoms with Crippen LogP contribution < -0.4 is 15.0 Å². The van der Waals surface area contributed by atoms with Crippen LogP contribution in [0.15, 0.2) is 47.3 Å². The van der Waals surface area contributed by atoms with Crippen molar-refractivity contribution < 1.29 is 14.4 Å². The lowest BCUT2D eigenvalue weighted by Crippen LogP contribution is -2.11. The summed E-state index contributed by atoms with van der Waals surface area (Å²) in [6, 6.07) is 12.3. The molecule has 1 aliphatic rings. The molecule has 0 saturated carbocycles. The van der Waals surface area contributed by atoms with Crippen molar-refractivity contribution in [2.24, 2.45) is 0 Å². The first-order chi connectivity index (χ1) is 17.0. The summed E-state index contributed by atoms with van der Waals surface area (Å²) in [5.74, 6) is 0.716. The first-order valence-corrected chi connectivity index (χ1v) is 12.4. The van der Waals surface area contributed by atoms with Crippen LogP contribution in [0.5, 0.6) is 11.5 Å². The SMILES string of the molecule is COc1cc(-c2nc3sc4c(c3c(=O)[nH]2)CCCCCC4)c([N+](=O)[O-])cc1OCc1ccccc1. The summed E-state index contributed by atoms with van der Waals surface area (Å²) in [5.41, 5.74) is 1.71. The van der Waals surface area contributed by atoms with E-state index in [0.717, 1.165) is 43.2 Å². The van der Waals surface area contributed by atoms with Gasteiger partial charge in [0, 0.05) is 10.9 Å². The lowest BCUT2D eigenvalue weighted by molar-refractivity contribution is -0.384. The number of hydrogen-bond donors (Lipinski definition) is 1. The Morgan fingerprint density at radius 1 is 1.09 bits per heavy atom. The Kier molecular flexibility index (Phi) is 6.50. The van der Waals surface area contributed by atoms with Crippen LogP contribution in [0.4, 0.5) is 5.69 Å². The molecule has 0 atom stereocenters. The number of nitrogens with zero attached hydrogens (tertiary/aromatic N) is 2. The minimum atomic E-state index is -0.498. The number of thiophene rings is 1. The fraction of sp³-hybridized carbons (Fsp3) is 0.308. The Balaban J connectivity index is 1.58. The number of nitro benzene ring substituents is 1. The maximum atomic E-state index is 13.2. The van der Waals surface area contributed by atoms with E-state index in [2.05, 4.69) is 9.97 Å². The molecule has 4 aromatic rings. The molecule has 2 heterocycles. The second-order valence-corrected chi connectivity index (χ2v) is 9.65. The number of aromatic amines is 1. The molecule has 0 spiro atoms. The smallest absolute Gasteiger partial charge is 0.284 e. The van der Waals surface area contributed by atoms with Gasteiger partial charge in [-0.2, -0.15) is 0 Å². The zero-order valence-electron chi connectivity index (χ0n) is 19.3. The summed E-state index contributed by atoms with van der Waals surface area (Å²) < 4.78 is 11.3. The molecule has 2 aromatic heterocycles.